The zero-order chi connectivity index (χ0) is 16.7. The Hall–Kier alpha value is -1.93. The van der Waals surface area contributed by atoms with Crippen LogP contribution in [0.2, 0.25) is 0 Å². The van der Waals surface area contributed by atoms with E-state index in [1.54, 1.807) is 11.0 Å². The highest BCUT2D eigenvalue weighted by Gasteiger charge is 2.33. The maximum atomic E-state index is 12.6. The number of β-amino-alcohol motifs (C(OH)–C–C–N with tert-alkyl or cyclic N) is 1. The molecule has 1 aromatic rings. The Bertz CT molecular complexity index is 654. The van der Waals surface area contributed by atoms with Crippen LogP contribution in [0.1, 0.15) is 41.9 Å². The summed E-state index contributed by atoms with van der Waals surface area (Å²) in [6.07, 6.45) is 2.90. The van der Waals surface area contributed by atoms with Gasteiger partial charge in [0.15, 0.2) is 5.69 Å². The van der Waals surface area contributed by atoms with Crippen molar-refractivity contribution in [1.82, 2.24) is 25.3 Å². The van der Waals surface area contributed by atoms with E-state index in [0.717, 1.165) is 25.0 Å². The normalized spacial score (nSPS) is 26.8. The minimum Gasteiger partial charge on any atom is -0.392 e. The number of aromatic nitrogens is 2. The summed E-state index contributed by atoms with van der Waals surface area (Å²) >= 11 is 0. The second-order valence-corrected chi connectivity index (χ2v) is 6.96. The van der Waals surface area contributed by atoms with Crippen LogP contribution >= 0.6 is 0 Å². The quantitative estimate of drug-likeness (QED) is 0.675. The molecule has 8 nitrogen and oxygen atoms in total. The number of aryl methyl sites for hydroxylation is 1. The van der Waals surface area contributed by atoms with Crippen LogP contribution in [0.3, 0.4) is 0 Å². The molecule has 130 valence electrons. The van der Waals surface area contributed by atoms with Gasteiger partial charge in [0, 0.05) is 25.7 Å². The summed E-state index contributed by atoms with van der Waals surface area (Å²) in [5.74, 6) is -0.110. The third-order valence-electron chi connectivity index (χ3n) is 4.88. The first-order valence-corrected chi connectivity index (χ1v) is 8.68. The van der Waals surface area contributed by atoms with Crippen molar-refractivity contribution in [3.05, 3.63) is 17.5 Å². The Morgan fingerprint density at radius 3 is 2.88 bits per heavy atom. The molecule has 0 bridgehead atoms. The van der Waals surface area contributed by atoms with Gasteiger partial charge in [-0.2, -0.15) is 5.10 Å². The third-order valence-corrected chi connectivity index (χ3v) is 4.88. The third kappa shape index (κ3) is 3.16. The fraction of sp³-hybridized carbons (Fsp3) is 0.688. The van der Waals surface area contributed by atoms with Gasteiger partial charge in [-0.15, -0.1) is 0 Å². The largest absolute Gasteiger partial charge is 0.392 e. The van der Waals surface area contributed by atoms with E-state index in [-0.39, 0.29) is 17.9 Å². The summed E-state index contributed by atoms with van der Waals surface area (Å²) in [6.45, 7) is 2.29. The maximum absolute atomic E-state index is 12.6. The van der Waals surface area contributed by atoms with E-state index in [0.29, 0.717) is 44.3 Å². The van der Waals surface area contributed by atoms with Crippen molar-refractivity contribution in [3.8, 4) is 0 Å². The monoisotopic (exact) mass is 333 g/mol. The van der Waals surface area contributed by atoms with Crippen molar-refractivity contribution in [1.29, 1.82) is 0 Å². The Morgan fingerprint density at radius 2 is 2.17 bits per heavy atom. The van der Waals surface area contributed by atoms with Crippen molar-refractivity contribution >= 4 is 11.8 Å². The number of aliphatic hydroxyl groups excluding tert-OH is 1. The van der Waals surface area contributed by atoms with E-state index in [9.17, 15) is 14.7 Å². The molecule has 0 radical (unpaired) electrons. The number of fused-ring (bicyclic) bond motifs is 1. The molecule has 1 aromatic heterocycles. The Morgan fingerprint density at radius 1 is 1.33 bits per heavy atom. The lowest BCUT2D eigenvalue weighted by atomic mass is 10.1. The van der Waals surface area contributed by atoms with Gasteiger partial charge in [-0.1, -0.05) is 0 Å². The maximum Gasteiger partial charge on any atom is 0.272 e. The van der Waals surface area contributed by atoms with Crippen molar-refractivity contribution in [2.45, 2.75) is 57.0 Å². The highest BCUT2D eigenvalue weighted by Crippen LogP contribution is 2.20. The van der Waals surface area contributed by atoms with Crippen molar-refractivity contribution < 1.29 is 14.7 Å². The van der Waals surface area contributed by atoms with Crippen LogP contribution in [0, 0.1) is 0 Å². The van der Waals surface area contributed by atoms with E-state index in [4.69, 9.17) is 0 Å². The van der Waals surface area contributed by atoms with Crippen LogP contribution in [-0.4, -0.2) is 62.9 Å². The topological polar surface area (TPSA) is 99.5 Å². The first kappa shape index (κ1) is 15.6. The van der Waals surface area contributed by atoms with Crippen molar-refractivity contribution in [3.63, 3.8) is 0 Å². The molecular weight excluding hydrogens is 310 g/mol. The summed E-state index contributed by atoms with van der Waals surface area (Å²) in [7, 11) is 0. The van der Waals surface area contributed by atoms with E-state index in [1.807, 2.05) is 4.68 Å². The van der Waals surface area contributed by atoms with Gasteiger partial charge >= 0.3 is 0 Å². The number of hydrogen-bond donors (Lipinski definition) is 3. The van der Waals surface area contributed by atoms with Gasteiger partial charge in [-0.3, -0.25) is 14.3 Å². The zero-order valence-corrected chi connectivity index (χ0v) is 13.6. The first-order valence-electron chi connectivity index (χ1n) is 8.68. The van der Waals surface area contributed by atoms with Crippen molar-refractivity contribution in [2.75, 3.05) is 13.1 Å². The average Bonchev–Trinajstić information content (AvgIpc) is 3.19. The van der Waals surface area contributed by atoms with Gasteiger partial charge in [-0.25, -0.2) is 0 Å². The Labute approximate surface area is 140 Å². The summed E-state index contributed by atoms with van der Waals surface area (Å²) < 4.78 is 1.84. The van der Waals surface area contributed by atoms with Crippen LogP contribution in [0.25, 0.3) is 0 Å². The van der Waals surface area contributed by atoms with E-state index < -0.39 is 6.10 Å². The van der Waals surface area contributed by atoms with Crippen LogP contribution < -0.4 is 10.6 Å². The van der Waals surface area contributed by atoms with Crippen molar-refractivity contribution in [2.24, 2.45) is 0 Å². The lowest BCUT2D eigenvalue weighted by Crippen LogP contribution is -2.43. The first-order chi connectivity index (χ1) is 11.6. The Kier molecular flexibility index (Phi) is 4.01. The molecule has 1 saturated heterocycles. The molecule has 2 amide bonds. The van der Waals surface area contributed by atoms with Gasteiger partial charge in [0.2, 0.25) is 5.91 Å². The average molecular weight is 333 g/mol. The Balaban J connectivity index is 1.46. The molecule has 4 rings (SSSR count). The molecular formula is C16H23N5O3. The fourth-order valence-corrected chi connectivity index (χ4v) is 3.37. The van der Waals surface area contributed by atoms with E-state index in [1.165, 1.54) is 0 Å². The lowest BCUT2D eigenvalue weighted by molar-refractivity contribution is -0.133. The predicted octanol–water partition coefficient (Wildman–Crippen LogP) is -0.770. The van der Waals surface area contributed by atoms with Crippen LogP contribution in [0.4, 0.5) is 0 Å². The van der Waals surface area contributed by atoms with Crippen LogP contribution in [0.5, 0.6) is 0 Å². The van der Waals surface area contributed by atoms with Crippen LogP contribution in [-0.2, 0) is 17.9 Å². The number of carbonyl (C=O) groups is 2. The molecule has 0 unspecified atom stereocenters. The minimum atomic E-state index is -0.450. The highest BCUT2D eigenvalue weighted by molar-refractivity contribution is 5.92. The smallest absolute Gasteiger partial charge is 0.272 e. The molecule has 8 heteroatoms. The van der Waals surface area contributed by atoms with Gasteiger partial charge in [-0.05, 0) is 31.7 Å². The molecule has 24 heavy (non-hydrogen) atoms. The molecule has 2 fully saturated rings. The fourth-order valence-electron chi connectivity index (χ4n) is 3.37. The molecule has 0 spiro atoms. The van der Waals surface area contributed by atoms with Gasteiger partial charge in [0.05, 0.1) is 24.4 Å². The molecule has 3 N–H and O–H groups in total. The number of hydrogen-bond acceptors (Lipinski definition) is 5. The summed E-state index contributed by atoms with van der Waals surface area (Å²) in [5.41, 5.74) is 1.32. The highest BCUT2D eigenvalue weighted by atomic mass is 16.3. The molecule has 2 atom stereocenters. The predicted molar refractivity (Wildman–Crippen MR) is 85.2 cm³/mol. The number of carbonyl (C=O) groups excluding carboxylic acids is 2. The summed E-state index contributed by atoms with van der Waals surface area (Å²) in [5, 5.41) is 20.0. The number of nitrogens with one attached hydrogen (secondary N) is 2. The molecule has 2 aliphatic heterocycles. The second kappa shape index (κ2) is 6.18. The molecule has 1 aliphatic carbocycles. The van der Waals surface area contributed by atoms with Gasteiger partial charge < -0.3 is 20.6 Å². The second-order valence-electron chi connectivity index (χ2n) is 6.96. The zero-order valence-electron chi connectivity index (χ0n) is 13.6. The number of nitrogens with zero attached hydrogens (tertiary/aromatic N) is 3. The molecule has 3 aliphatic rings. The van der Waals surface area contributed by atoms with Gasteiger partial charge in [0.1, 0.15) is 0 Å². The molecule has 1 saturated carbocycles. The SMILES string of the molecule is O=C(NC1CC1)c1cc2n(n1)CCCN(C(=O)[C@@H]1C[C@@H](O)CN1)C2. The minimum absolute atomic E-state index is 0.0187. The molecule has 0 aromatic carbocycles. The standard InChI is InChI=1S/C16H23N5O3/c22-12-7-14(17-8-12)16(24)20-4-1-5-21-11(9-20)6-13(19-21)15(23)18-10-2-3-10/h6,10,12,14,17,22H,1-5,7-9H2,(H,18,23)/t12-,14+/m1/s1. The summed E-state index contributed by atoms with van der Waals surface area (Å²) in [4.78, 5) is 26.6. The van der Waals surface area contributed by atoms with E-state index in [2.05, 4.69) is 15.7 Å². The number of aliphatic hydroxyl groups is 1. The summed E-state index contributed by atoms with van der Waals surface area (Å²) in [6, 6.07) is 1.78. The number of rotatable bonds is 3. The number of amides is 2. The van der Waals surface area contributed by atoms with Crippen LogP contribution in [0.15, 0.2) is 6.07 Å². The van der Waals surface area contributed by atoms with Gasteiger partial charge in [0.25, 0.3) is 5.91 Å². The lowest BCUT2D eigenvalue weighted by Gasteiger charge is -2.23. The van der Waals surface area contributed by atoms with E-state index >= 15 is 0 Å². The molecule has 3 heterocycles.